The minimum Gasteiger partial charge on any atom is -0.497 e. The first-order valence-electron chi connectivity index (χ1n) is 10.1. The molecule has 1 aromatic heterocycles. The molecule has 0 bridgehead atoms. The summed E-state index contributed by atoms with van der Waals surface area (Å²) in [6.07, 6.45) is 3.55. The molecule has 0 spiro atoms. The Bertz CT molecular complexity index is 982. The average molecular weight is 426 g/mol. The fraction of sp³-hybridized carbons (Fsp3) is 0.348. The molecule has 0 aliphatic heterocycles. The van der Waals surface area contributed by atoms with Crippen molar-refractivity contribution in [3.05, 3.63) is 70.5 Å². The molecular weight excluding hydrogens is 402 g/mol. The number of anilines is 1. The van der Waals surface area contributed by atoms with E-state index < -0.39 is 0 Å². The Morgan fingerprint density at radius 3 is 2.53 bits per heavy atom. The Morgan fingerprint density at radius 1 is 1.17 bits per heavy atom. The van der Waals surface area contributed by atoms with Gasteiger partial charge in [0.2, 0.25) is 0 Å². The zero-order valence-corrected chi connectivity index (χ0v) is 17.6. The molecule has 1 saturated carbocycles. The Morgan fingerprint density at radius 2 is 1.87 bits per heavy atom. The first-order valence-corrected chi connectivity index (χ1v) is 10.5. The number of aromatic nitrogens is 2. The van der Waals surface area contributed by atoms with Crippen LogP contribution in [-0.2, 0) is 17.6 Å². The van der Waals surface area contributed by atoms with Gasteiger partial charge in [-0.2, -0.15) is 4.98 Å². The van der Waals surface area contributed by atoms with E-state index >= 15 is 0 Å². The average Bonchev–Trinajstić information content (AvgIpc) is 3.44. The zero-order chi connectivity index (χ0) is 20.9. The molecule has 7 heteroatoms. The van der Waals surface area contributed by atoms with Crippen LogP contribution in [0.3, 0.4) is 0 Å². The SMILES string of the molecule is COc1ccc(C[C@H](CC(=O)Cc2ccc(Cl)cc2)c2noc(NC3CC3)n2)cc1. The monoisotopic (exact) mass is 425 g/mol. The number of ether oxygens (including phenoxy) is 1. The number of nitrogens with one attached hydrogen (secondary N) is 1. The maximum absolute atomic E-state index is 12.8. The van der Waals surface area contributed by atoms with Crippen LogP contribution in [-0.4, -0.2) is 29.1 Å². The zero-order valence-electron chi connectivity index (χ0n) is 16.8. The van der Waals surface area contributed by atoms with Crippen LogP contribution in [0.4, 0.5) is 6.01 Å². The van der Waals surface area contributed by atoms with Gasteiger partial charge in [-0.15, -0.1) is 0 Å². The molecule has 0 amide bonds. The highest BCUT2D eigenvalue weighted by atomic mass is 35.5. The number of benzene rings is 2. The molecule has 1 aliphatic rings. The van der Waals surface area contributed by atoms with E-state index in [4.69, 9.17) is 20.9 Å². The van der Waals surface area contributed by atoms with Crippen molar-refractivity contribution in [2.75, 3.05) is 12.4 Å². The molecule has 1 atom stereocenters. The summed E-state index contributed by atoms with van der Waals surface area (Å²) in [5.74, 6) is 1.30. The first kappa shape index (κ1) is 20.4. The standard InChI is InChI=1S/C23H24ClN3O3/c1-29-21-10-4-15(5-11-21)12-17(22-26-23(30-27-22)25-19-8-9-19)14-20(28)13-16-2-6-18(24)7-3-16/h2-7,10-11,17,19H,8-9,12-14H2,1H3,(H,25,26,27)/t17-/m1/s1. The molecule has 1 fully saturated rings. The number of hydrogen-bond donors (Lipinski definition) is 1. The quantitative estimate of drug-likeness (QED) is 0.501. The number of ketones is 1. The summed E-state index contributed by atoms with van der Waals surface area (Å²) in [6, 6.07) is 16.0. The van der Waals surface area contributed by atoms with Gasteiger partial charge in [0, 0.05) is 29.8 Å². The molecule has 2 aromatic carbocycles. The molecule has 1 N–H and O–H groups in total. The van der Waals surface area contributed by atoms with E-state index in [2.05, 4.69) is 15.5 Å². The van der Waals surface area contributed by atoms with Gasteiger partial charge in [-0.05, 0) is 54.7 Å². The predicted octanol–water partition coefficient (Wildman–Crippen LogP) is 4.83. The fourth-order valence-corrected chi connectivity index (χ4v) is 3.47. The lowest BCUT2D eigenvalue weighted by atomic mass is 9.91. The van der Waals surface area contributed by atoms with E-state index in [0.29, 0.717) is 42.2 Å². The van der Waals surface area contributed by atoms with Crippen molar-refractivity contribution in [3.8, 4) is 5.75 Å². The van der Waals surface area contributed by atoms with E-state index in [0.717, 1.165) is 29.7 Å². The predicted molar refractivity (Wildman–Crippen MR) is 115 cm³/mol. The molecule has 156 valence electrons. The number of methoxy groups -OCH3 is 1. The van der Waals surface area contributed by atoms with Gasteiger partial charge < -0.3 is 14.6 Å². The van der Waals surface area contributed by atoms with Crippen LogP contribution in [0, 0.1) is 0 Å². The van der Waals surface area contributed by atoms with Gasteiger partial charge in [0.05, 0.1) is 7.11 Å². The third-order valence-corrected chi connectivity index (χ3v) is 5.39. The van der Waals surface area contributed by atoms with Gasteiger partial charge in [-0.3, -0.25) is 4.79 Å². The Balaban J connectivity index is 1.48. The maximum Gasteiger partial charge on any atom is 0.321 e. The van der Waals surface area contributed by atoms with Crippen molar-refractivity contribution in [2.45, 2.75) is 44.1 Å². The summed E-state index contributed by atoms with van der Waals surface area (Å²) in [5.41, 5.74) is 2.03. The van der Waals surface area contributed by atoms with E-state index in [-0.39, 0.29) is 11.7 Å². The second-order valence-electron chi connectivity index (χ2n) is 7.67. The topological polar surface area (TPSA) is 77.2 Å². The molecule has 0 saturated heterocycles. The Kier molecular flexibility index (Phi) is 6.33. The summed E-state index contributed by atoms with van der Waals surface area (Å²) < 4.78 is 10.6. The lowest BCUT2D eigenvalue weighted by Crippen LogP contribution is -2.13. The summed E-state index contributed by atoms with van der Waals surface area (Å²) in [6.45, 7) is 0. The van der Waals surface area contributed by atoms with Gasteiger partial charge in [0.15, 0.2) is 5.82 Å². The van der Waals surface area contributed by atoms with Gasteiger partial charge >= 0.3 is 6.01 Å². The minimum atomic E-state index is -0.170. The fourth-order valence-electron chi connectivity index (χ4n) is 3.34. The molecule has 6 nitrogen and oxygen atoms in total. The van der Waals surface area contributed by atoms with Gasteiger partial charge in [-0.25, -0.2) is 0 Å². The maximum atomic E-state index is 12.8. The van der Waals surface area contributed by atoms with Crippen molar-refractivity contribution in [1.29, 1.82) is 0 Å². The lowest BCUT2D eigenvalue weighted by Gasteiger charge is -2.13. The number of rotatable bonds is 10. The molecule has 0 radical (unpaired) electrons. The van der Waals surface area contributed by atoms with Crippen LogP contribution in [0.1, 0.15) is 42.1 Å². The summed E-state index contributed by atoms with van der Waals surface area (Å²) in [4.78, 5) is 17.3. The largest absolute Gasteiger partial charge is 0.497 e. The highest BCUT2D eigenvalue weighted by molar-refractivity contribution is 6.30. The van der Waals surface area contributed by atoms with Gasteiger partial charge in [0.1, 0.15) is 11.5 Å². The van der Waals surface area contributed by atoms with Crippen molar-refractivity contribution in [3.63, 3.8) is 0 Å². The van der Waals surface area contributed by atoms with Crippen molar-refractivity contribution >= 4 is 23.4 Å². The molecule has 1 aliphatic carbocycles. The number of hydrogen-bond acceptors (Lipinski definition) is 6. The molecular formula is C23H24ClN3O3. The van der Waals surface area contributed by atoms with Crippen molar-refractivity contribution < 1.29 is 14.1 Å². The summed E-state index contributed by atoms with van der Waals surface area (Å²) in [7, 11) is 1.64. The van der Waals surface area contributed by atoms with Gasteiger partial charge in [-0.1, -0.05) is 41.0 Å². The van der Waals surface area contributed by atoms with Crippen LogP contribution in [0.2, 0.25) is 5.02 Å². The molecule has 30 heavy (non-hydrogen) atoms. The number of carbonyl (C=O) groups excluding carboxylic acids is 1. The minimum absolute atomic E-state index is 0.123. The number of halogens is 1. The van der Waals surface area contributed by atoms with Crippen molar-refractivity contribution in [2.24, 2.45) is 0 Å². The normalized spacial score (nSPS) is 14.3. The van der Waals surface area contributed by atoms with Crippen LogP contribution >= 0.6 is 11.6 Å². The number of Topliss-reactive ketones (excluding diaryl/α,β-unsaturated/α-hetero) is 1. The second kappa shape index (κ2) is 9.30. The molecule has 1 heterocycles. The van der Waals surface area contributed by atoms with Gasteiger partial charge in [0.25, 0.3) is 0 Å². The Hall–Kier alpha value is -2.86. The first-order chi connectivity index (χ1) is 14.6. The van der Waals surface area contributed by atoms with Crippen molar-refractivity contribution in [1.82, 2.24) is 10.1 Å². The second-order valence-corrected chi connectivity index (χ2v) is 8.11. The van der Waals surface area contributed by atoms with E-state index in [1.54, 1.807) is 19.2 Å². The van der Waals surface area contributed by atoms with Crippen LogP contribution in [0.5, 0.6) is 5.75 Å². The van der Waals surface area contributed by atoms with Crippen LogP contribution in [0.15, 0.2) is 53.1 Å². The highest BCUT2D eigenvalue weighted by Crippen LogP contribution is 2.28. The number of nitrogens with zero attached hydrogens (tertiary/aromatic N) is 2. The summed E-state index contributed by atoms with van der Waals surface area (Å²) >= 11 is 5.94. The number of carbonyl (C=O) groups is 1. The van der Waals surface area contributed by atoms with Crippen LogP contribution in [0.25, 0.3) is 0 Å². The third-order valence-electron chi connectivity index (χ3n) is 5.14. The smallest absolute Gasteiger partial charge is 0.321 e. The highest BCUT2D eigenvalue weighted by Gasteiger charge is 2.26. The molecule has 0 unspecified atom stereocenters. The lowest BCUT2D eigenvalue weighted by molar-refractivity contribution is -0.118. The Labute approximate surface area is 180 Å². The molecule has 4 rings (SSSR count). The third kappa shape index (κ3) is 5.60. The summed E-state index contributed by atoms with van der Waals surface area (Å²) in [5, 5.41) is 8.03. The van der Waals surface area contributed by atoms with E-state index in [1.165, 1.54) is 0 Å². The van der Waals surface area contributed by atoms with E-state index in [9.17, 15) is 4.79 Å². The van der Waals surface area contributed by atoms with E-state index in [1.807, 2.05) is 36.4 Å². The van der Waals surface area contributed by atoms with Crippen LogP contribution < -0.4 is 10.1 Å². The molecule has 3 aromatic rings.